The van der Waals surface area contributed by atoms with Crippen molar-refractivity contribution in [2.45, 2.75) is 24.1 Å². The Labute approximate surface area is 189 Å². The lowest BCUT2D eigenvalue weighted by atomic mass is 9.96. The first-order valence-corrected chi connectivity index (χ1v) is 9.43. The normalized spacial score (nSPS) is 24.0. The van der Waals surface area contributed by atoms with Crippen LogP contribution in [-0.2, 0) is 14.2 Å². The smallest absolute Gasteiger partial charge is 0.340 e. The van der Waals surface area contributed by atoms with Crippen molar-refractivity contribution in [2.75, 3.05) is 13.2 Å². The van der Waals surface area contributed by atoms with Crippen LogP contribution in [0.25, 0.3) is 0 Å². The van der Waals surface area contributed by atoms with Crippen molar-refractivity contribution < 1.29 is 69.8 Å². The van der Waals surface area contributed by atoms with E-state index in [9.17, 15) is 55.5 Å². The fourth-order valence-corrected chi connectivity index (χ4v) is 3.09. The van der Waals surface area contributed by atoms with Gasteiger partial charge in [-0.15, -0.1) is 0 Å². The van der Waals surface area contributed by atoms with Crippen molar-refractivity contribution in [3.8, 4) is 34.5 Å². The van der Waals surface area contributed by atoms with Crippen molar-refractivity contribution in [3.05, 3.63) is 35.4 Å². The van der Waals surface area contributed by atoms with Gasteiger partial charge in [0, 0.05) is 0 Å². The van der Waals surface area contributed by atoms with Gasteiger partial charge in [0.2, 0.25) is 6.29 Å². The molecule has 34 heavy (non-hydrogen) atoms. The molecule has 0 aliphatic carbocycles. The summed E-state index contributed by atoms with van der Waals surface area (Å²) in [6.45, 7) is -1.91. The van der Waals surface area contributed by atoms with E-state index in [1.54, 1.807) is 0 Å². The summed E-state index contributed by atoms with van der Waals surface area (Å²) in [4.78, 5) is 24.5. The standard InChI is InChI=1S/C20H20O14/c21-6-20(31)16(28)13(5-32-17(29)7-1-9(22)14(26)10(23)2-7)33-19(20)34-18(30)8-3-11(24)15(27)12(25)4-8/h1-4,13,16,19,21-28,31H,5-6H2. The molecule has 4 atom stereocenters. The quantitative estimate of drug-likeness (QED) is 0.172. The van der Waals surface area contributed by atoms with Crippen molar-refractivity contribution in [2.24, 2.45) is 0 Å². The largest absolute Gasteiger partial charge is 0.504 e. The highest BCUT2D eigenvalue weighted by Crippen LogP contribution is 2.38. The Morgan fingerprint density at radius 3 is 1.74 bits per heavy atom. The molecule has 0 saturated carbocycles. The number of benzene rings is 2. The molecule has 184 valence electrons. The molecule has 0 aromatic heterocycles. The number of phenols is 6. The summed E-state index contributed by atoms with van der Waals surface area (Å²) in [6, 6.07) is 3.06. The molecule has 1 aliphatic heterocycles. The summed E-state index contributed by atoms with van der Waals surface area (Å²) < 4.78 is 15.0. The summed E-state index contributed by atoms with van der Waals surface area (Å²) >= 11 is 0. The Hall–Kier alpha value is -3.98. The molecule has 4 unspecified atom stereocenters. The third-order valence-electron chi connectivity index (χ3n) is 5.03. The molecule has 0 spiro atoms. The summed E-state index contributed by atoms with van der Waals surface area (Å²) in [5.41, 5.74) is -3.43. The third kappa shape index (κ3) is 4.42. The fraction of sp³-hybridized carbons (Fsp3) is 0.300. The highest BCUT2D eigenvalue weighted by Gasteiger charge is 2.57. The van der Waals surface area contributed by atoms with Crippen LogP contribution in [0.5, 0.6) is 34.5 Å². The van der Waals surface area contributed by atoms with E-state index < -0.39 is 89.3 Å². The predicted molar refractivity (Wildman–Crippen MR) is 105 cm³/mol. The summed E-state index contributed by atoms with van der Waals surface area (Å²) in [6.07, 6.45) is -5.46. The molecule has 2 aromatic rings. The van der Waals surface area contributed by atoms with Gasteiger partial charge in [0.05, 0.1) is 17.7 Å². The van der Waals surface area contributed by atoms with Crippen LogP contribution in [0.3, 0.4) is 0 Å². The lowest BCUT2D eigenvalue weighted by Crippen LogP contribution is -2.53. The molecule has 0 radical (unpaired) electrons. The molecule has 2 aromatic carbocycles. The molecular weight excluding hydrogens is 464 g/mol. The maximum Gasteiger partial charge on any atom is 0.340 e. The van der Waals surface area contributed by atoms with Crippen molar-refractivity contribution >= 4 is 11.9 Å². The number of aliphatic hydroxyl groups is 3. The van der Waals surface area contributed by atoms with Crippen LogP contribution in [0.15, 0.2) is 24.3 Å². The number of hydrogen-bond donors (Lipinski definition) is 9. The molecular formula is C20H20O14. The zero-order chi connectivity index (χ0) is 25.4. The van der Waals surface area contributed by atoms with Crippen molar-refractivity contribution in [3.63, 3.8) is 0 Å². The predicted octanol–water partition coefficient (Wildman–Crippen LogP) is -1.26. The molecule has 1 saturated heterocycles. The van der Waals surface area contributed by atoms with Crippen LogP contribution in [0.2, 0.25) is 0 Å². The zero-order valence-corrected chi connectivity index (χ0v) is 17.0. The van der Waals surface area contributed by atoms with Crippen molar-refractivity contribution in [1.82, 2.24) is 0 Å². The van der Waals surface area contributed by atoms with E-state index in [-0.39, 0.29) is 5.56 Å². The Morgan fingerprint density at radius 1 is 0.853 bits per heavy atom. The van der Waals surface area contributed by atoms with E-state index in [0.29, 0.717) is 0 Å². The minimum absolute atomic E-state index is 0.382. The minimum atomic E-state index is -2.57. The Kier molecular flexibility index (Phi) is 6.60. The van der Waals surface area contributed by atoms with Gasteiger partial charge in [0.25, 0.3) is 0 Å². The molecule has 14 nitrogen and oxygen atoms in total. The first kappa shape index (κ1) is 24.7. The number of aliphatic hydroxyl groups excluding tert-OH is 2. The summed E-state index contributed by atoms with van der Waals surface area (Å²) in [5.74, 6) is -7.51. The second-order valence-electron chi connectivity index (χ2n) is 7.33. The maximum absolute atomic E-state index is 12.3. The van der Waals surface area contributed by atoms with Crippen molar-refractivity contribution in [1.29, 1.82) is 0 Å². The monoisotopic (exact) mass is 484 g/mol. The number of hydrogen-bond acceptors (Lipinski definition) is 14. The number of ether oxygens (including phenoxy) is 3. The van der Waals surface area contributed by atoms with E-state index in [2.05, 4.69) is 0 Å². The maximum atomic E-state index is 12.3. The van der Waals surface area contributed by atoms with Crippen LogP contribution in [0.1, 0.15) is 20.7 Å². The zero-order valence-electron chi connectivity index (χ0n) is 17.0. The first-order valence-electron chi connectivity index (χ1n) is 9.43. The molecule has 1 heterocycles. The molecule has 0 amide bonds. The fourth-order valence-electron chi connectivity index (χ4n) is 3.09. The van der Waals surface area contributed by atoms with Gasteiger partial charge >= 0.3 is 11.9 Å². The third-order valence-corrected chi connectivity index (χ3v) is 5.03. The van der Waals surface area contributed by atoms with Gasteiger partial charge in [-0.2, -0.15) is 0 Å². The number of carbonyl (C=O) groups excluding carboxylic acids is 2. The minimum Gasteiger partial charge on any atom is -0.504 e. The van der Waals surface area contributed by atoms with Gasteiger partial charge in [0.1, 0.15) is 18.8 Å². The topological polar surface area (TPSA) is 244 Å². The average molecular weight is 484 g/mol. The Bertz CT molecular complexity index is 1070. The molecule has 9 N–H and O–H groups in total. The number of phenolic OH excluding ortho intramolecular Hbond substituents is 6. The van der Waals surface area contributed by atoms with E-state index in [1.807, 2.05) is 0 Å². The van der Waals surface area contributed by atoms with Gasteiger partial charge in [0.15, 0.2) is 40.1 Å². The SMILES string of the molecule is O=C(OCC1OC(OC(=O)c2cc(O)c(O)c(O)c2)C(O)(CO)C1O)c1cc(O)c(O)c(O)c1. The number of rotatable bonds is 6. The van der Waals surface area contributed by atoms with Crippen LogP contribution in [0.4, 0.5) is 0 Å². The molecule has 1 fully saturated rings. The van der Waals surface area contributed by atoms with E-state index in [0.717, 1.165) is 24.3 Å². The van der Waals surface area contributed by atoms with E-state index in [1.165, 1.54) is 0 Å². The van der Waals surface area contributed by atoms with Crippen LogP contribution in [0, 0.1) is 0 Å². The van der Waals surface area contributed by atoms with Crippen LogP contribution < -0.4 is 0 Å². The average Bonchev–Trinajstić information content (AvgIpc) is 3.03. The highest BCUT2D eigenvalue weighted by molar-refractivity contribution is 5.91. The molecule has 14 heteroatoms. The molecule has 1 aliphatic rings. The van der Waals surface area contributed by atoms with Gasteiger partial charge < -0.3 is 60.2 Å². The van der Waals surface area contributed by atoms with Gasteiger partial charge in [-0.3, -0.25) is 0 Å². The molecule has 0 bridgehead atoms. The summed E-state index contributed by atoms with van der Waals surface area (Å²) in [7, 11) is 0. The second kappa shape index (κ2) is 9.11. The first-order chi connectivity index (χ1) is 15.9. The van der Waals surface area contributed by atoms with Crippen LogP contribution in [-0.4, -0.2) is 95.2 Å². The number of aromatic hydroxyl groups is 6. The molecule has 3 rings (SSSR count). The second-order valence-corrected chi connectivity index (χ2v) is 7.33. The number of carbonyl (C=O) groups is 2. The number of esters is 2. The van der Waals surface area contributed by atoms with E-state index in [4.69, 9.17) is 14.2 Å². The Morgan fingerprint density at radius 2 is 1.29 bits per heavy atom. The van der Waals surface area contributed by atoms with Gasteiger partial charge in [-0.1, -0.05) is 0 Å². The van der Waals surface area contributed by atoms with Crippen LogP contribution >= 0.6 is 0 Å². The summed E-state index contributed by atoms with van der Waals surface area (Å²) in [5, 5.41) is 87.1. The lowest BCUT2D eigenvalue weighted by molar-refractivity contribution is -0.192. The van der Waals surface area contributed by atoms with Gasteiger partial charge in [-0.25, -0.2) is 9.59 Å². The highest BCUT2D eigenvalue weighted by atomic mass is 16.7. The Balaban J connectivity index is 1.72. The van der Waals surface area contributed by atoms with E-state index >= 15 is 0 Å². The lowest BCUT2D eigenvalue weighted by Gasteiger charge is -2.28. The van der Waals surface area contributed by atoms with Gasteiger partial charge in [-0.05, 0) is 24.3 Å².